The fraction of sp³-hybridized carbons (Fsp3) is 0.419. The zero-order valence-corrected chi connectivity index (χ0v) is 21.9. The number of aromatic amines is 1. The van der Waals surface area contributed by atoms with Gasteiger partial charge in [0, 0.05) is 17.3 Å². The van der Waals surface area contributed by atoms with Gasteiger partial charge in [0.25, 0.3) is 5.91 Å². The van der Waals surface area contributed by atoms with Crippen molar-refractivity contribution in [1.29, 1.82) is 0 Å². The van der Waals surface area contributed by atoms with E-state index < -0.39 is 34.0 Å². The van der Waals surface area contributed by atoms with Crippen molar-refractivity contribution < 1.29 is 18.0 Å². The van der Waals surface area contributed by atoms with Gasteiger partial charge in [-0.15, -0.1) is 0 Å². The van der Waals surface area contributed by atoms with Crippen LogP contribution in [0, 0.1) is 29.1 Å². The molecule has 0 aliphatic heterocycles. The first-order chi connectivity index (χ1) is 18.6. The molecule has 202 valence electrons. The van der Waals surface area contributed by atoms with Crippen molar-refractivity contribution in [1.82, 2.24) is 9.88 Å². The summed E-state index contributed by atoms with van der Waals surface area (Å²) in [6.07, 6.45) is 2.89. The molecule has 3 saturated carbocycles. The van der Waals surface area contributed by atoms with Gasteiger partial charge in [0.05, 0.1) is 23.2 Å². The van der Waals surface area contributed by atoms with E-state index in [-0.39, 0.29) is 5.52 Å². The summed E-state index contributed by atoms with van der Waals surface area (Å²) in [6, 6.07) is 9.31. The lowest BCUT2D eigenvalue weighted by atomic mass is 9.70. The summed E-state index contributed by atoms with van der Waals surface area (Å²) in [7, 11) is 3.83. The first-order valence-corrected chi connectivity index (χ1v) is 13.4. The Morgan fingerprint density at radius 3 is 2.69 bits per heavy atom. The molecule has 0 radical (unpaired) electrons. The van der Waals surface area contributed by atoms with E-state index in [9.17, 15) is 22.8 Å². The summed E-state index contributed by atoms with van der Waals surface area (Å²) in [5, 5.41) is 2.20. The van der Waals surface area contributed by atoms with Gasteiger partial charge in [-0.3, -0.25) is 14.5 Å². The van der Waals surface area contributed by atoms with Crippen LogP contribution in [-0.4, -0.2) is 36.4 Å². The number of rotatable bonds is 4. The van der Waals surface area contributed by atoms with Crippen LogP contribution in [0.5, 0.6) is 0 Å². The molecule has 4 atom stereocenters. The molecule has 1 amide bonds. The van der Waals surface area contributed by atoms with Gasteiger partial charge in [-0.25, -0.2) is 0 Å². The van der Waals surface area contributed by atoms with E-state index in [0.717, 1.165) is 24.1 Å². The average molecular weight is 534 g/mol. The number of hydrogen-bond acceptors (Lipinski definition) is 3. The molecule has 1 heterocycles. The minimum atomic E-state index is -4.73. The zero-order chi connectivity index (χ0) is 27.5. The van der Waals surface area contributed by atoms with Gasteiger partial charge < -0.3 is 10.3 Å². The van der Waals surface area contributed by atoms with Crippen LogP contribution in [0.25, 0.3) is 10.9 Å². The van der Waals surface area contributed by atoms with Crippen molar-refractivity contribution in [3.63, 3.8) is 0 Å². The highest BCUT2D eigenvalue weighted by Crippen LogP contribution is 2.75. The molecule has 2 N–H and O–H groups in total. The van der Waals surface area contributed by atoms with Gasteiger partial charge >= 0.3 is 6.18 Å². The lowest BCUT2D eigenvalue weighted by molar-refractivity contribution is -0.136. The van der Waals surface area contributed by atoms with Crippen LogP contribution in [0.1, 0.15) is 65.1 Å². The largest absolute Gasteiger partial charge is 0.417 e. The smallest absolute Gasteiger partial charge is 0.360 e. The standard InChI is InChI=1S/C31H30F3N3O2/c1-37(2)14-4-5-20-15-19(24-16-30(24)13-12-18-8-10-22(18)30)9-11-25(20)36-29(39)21-17-35-26-7-3-6-23(31(32,33)34)27(26)28(21)38/h3,6-7,9,11,15,17-18,22,24H,8,10,12-14,16H2,1-2H3,(H,35,38)(H,36,39). The molecule has 4 unspecified atom stereocenters. The Kier molecular flexibility index (Phi) is 6.11. The number of pyridine rings is 1. The highest BCUT2D eigenvalue weighted by molar-refractivity contribution is 6.06. The second-order valence-corrected chi connectivity index (χ2v) is 11.5. The predicted octanol–water partition coefficient (Wildman–Crippen LogP) is 6.01. The number of aromatic nitrogens is 1. The van der Waals surface area contributed by atoms with Gasteiger partial charge in [-0.1, -0.05) is 24.0 Å². The van der Waals surface area contributed by atoms with Crippen LogP contribution in [0.2, 0.25) is 0 Å². The normalized spacial score (nSPS) is 25.2. The van der Waals surface area contributed by atoms with Crippen LogP contribution in [0.3, 0.4) is 0 Å². The summed E-state index contributed by atoms with van der Waals surface area (Å²) < 4.78 is 40.8. The SMILES string of the molecule is CN(C)CC#Cc1cc(C2CC23CCC2CCC23)ccc1NC(=O)c1c[nH]c2cccc(C(F)(F)F)c2c1=O. The number of carbonyl (C=O) groups excluding carboxylic acids is 1. The number of fused-ring (bicyclic) bond motifs is 3. The molecule has 1 aromatic heterocycles. The van der Waals surface area contributed by atoms with E-state index >= 15 is 0 Å². The molecule has 3 aromatic rings. The zero-order valence-electron chi connectivity index (χ0n) is 21.9. The third-order valence-corrected chi connectivity index (χ3v) is 9.03. The van der Waals surface area contributed by atoms with Crippen molar-refractivity contribution >= 4 is 22.5 Å². The number of H-pyrrole nitrogens is 1. The van der Waals surface area contributed by atoms with Gasteiger partial charge in [-0.05, 0) is 99.2 Å². The Bertz CT molecular complexity index is 1600. The van der Waals surface area contributed by atoms with Crippen LogP contribution < -0.4 is 10.7 Å². The first kappa shape index (κ1) is 25.7. The number of alkyl halides is 3. The molecular formula is C31H30F3N3O2. The summed E-state index contributed by atoms with van der Waals surface area (Å²) >= 11 is 0. The number of carbonyl (C=O) groups is 1. The van der Waals surface area contributed by atoms with Gasteiger partial charge in [0.15, 0.2) is 0 Å². The summed E-state index contributed by atoms with van der Waals surface area (Å²) in [6.45, 7) is 0.527. The third-order valence-electron chi connectivity index (χ3n) is 9.03. The maximum Gasteiger partial charge on any atom is 0.417 e. The average Bonchev–Trinajstić information content (AvgIpc) is 3.51. The molecule has 0 saturated heterocycles. The maximum absolute atomic E-state index is 13.6. The lowest BCUT2D eigenvalue weighted by Crippen LogP contribution is -2.26. The van der Waals surface area contributed by atoms with E-state index in [1.165, 1.54) is 49.8 Å². The Labute approximate surface area is 224 Å². The van der Waals surface area contributed by atoms with E-state index in [1.54, 1.807) is 0 Å². The predicted molar refractivity (Wildman–Crippen MR) is 145 cm³/mol. The summed E-state index contributed by atoms with van der Waals surface area (Å²) in [5.41, 5.74) is 0.284. The molecule has 5 nitrogen and oxygen atoms in total. The molecule has 1 spiro atoms. The van der Waals surface area contributed by atoms with Crippen LogP contribution in [0.15, 0.2) is 47.4 Å². The Balaban J connectivity index is 1.32. The summed E-state index contributed by atoms with van der Waals surface area (Å²) in [5.74, 6) is 7.71. The summed E-state index contributed by atoms with van der Waals surface area (Å²) in [4.78, 5) is 30.9. The highest BCUT2D eigenvalue weighted by atomic mass is 19.4. The minimum Gasteiger partial charge on any atom is -0.360 e. The first-order valence-electron chi connectivity index (χ1n) is 13.4. The number of amides is 1. The van der Waals surface area contributed by atoms with Gasteiger partial charge in [-0.2, -0.15) is 13.2 Å². The molecule has 0 bridgehead atoms. The molecule has 3 fully saturated rings. The Hall–Kier alpha value is -3.57. The van der Waals surface area contributed by atoms with Crippen LogP contribution in [0.4, 0.5) is 18.9 Å². The molecule has 3 aliphatic rings. The van der Waals surface area contributed by atoms with Crippen molar-refractivity contribution in [2.45, 2.75) is 44.2 Å². The lowest BCUT2D eigenvalue weighted by Gasteiger charge is -2.35. The van der Waals surface area contributed by atoms with E-state index in [0.29, 0.717) is 29.1 Å². The topological polar surface area (TPSA) is 65.2 Å². The van der Waals surface area contributed by atoms with Crippen molar-refractivity contribution in [2.75, 3.05) is 26.0 Å². The third kappa shape index (κ3) is 4.43. The van der Waals surface area contributed by atoms with Crippen molar-refractivity contribution in [2.24, 2.45) is 17.3 Å². The quantitative estimate of drug-likeness (QED) is 0.404. The Morgan fingerprint density at radius 1 is 1.18 bits per heavy atom. The van der Waals surface area contributed by atoms with E-state index in [4.69, 9.17) is 0 Å². The highest BCUT2D eigenvalue weighted by Gasteiger charge is 2.65. The van der Waals surface area contributed by atoms with E-state index in [1.807, 2.05) is 37.2 Å². The number of halogens is 3. The van der Waals surface area contributed by atoms with Crippen LogP contribution in [-0.2, 0) is 6.18 Å². The molecule has 39 heavy (non-hydrogen) atoms. The van der Waals surface area contributed by atoms with Crippen molar-refractivity contribution in [3.8, 4) is 11.8 Å². The Morgan fingerprint density at radius 2 is 2.00 bits per heavy atom. The molecule has 2 aromatic carbocycles. The molecule has 8 heteroatoms. The molecule has 6 rings (SSSR count). The molecular weight excluding hydrogens is 503 g/mol. The second-order valence-electron chi connectivity index (χ2n) is 11.5. The number of anilines is 1. The minimum absolute atomic E-state index is 0.0185. The van der Waals surface area contributed by atoms with Crippen molar-refractivity contribution in [3.05, 3.63) is 75.1 Å². The number of nitrogens with one attached hydrogen (secondary N) is 2. The van der Waals surface area contributed by atoms with Crippen LogP contribution >= 0.6 is 0 Å². The number of hydrogen-bond donors (Lipinski definition) is 2. The second kappa shape index (κ2) is 9.27. The molecule has 3 aliphatic carbocycles. The fourth-order valence-corrected chi connectivity index (χ4v) is 6.91. The van der Waals surface area contributed by atoms with Gasteiger partial charge in [0.1, 0.15) is 5.56 Å². The van der Waals surface area contributed by atoms with Gasteiger partial charge in [0.2, 0.25) is 5.43 Å². The number of benzene rings is 2. The monoisotopic (exact) mass is 533 g/mol. The fourth-order valence-electron chi connectivity index (χ4n) is 6.91. The van der Waals surface area contributed by atoms with E-state index in [2.05, 4.69) is 22.1 Å². The maximum atomic E-state index is 13.6. The number of nitrogens with zero attached hydrogens (tertiary/aromatic N) is 1.